The molecule has 2 unspecified atom stereocenters. The molecular weight excluding hydrogens is 398 g/mol. The van der Waals surface area contributed by atoms with Gasteiger partial charge in [0.25, 0.3) is 0 Å². The summed E-state index contributed by atoms with van der Waals surface area (Å²) in [5, 5.41) is 13.1. The van der Waals surface area contributed by atoms with Gasteiger partial charge in [-0.1, -0.05) is 50.1 Å². The molecule has 2 N–H and O–H groups in total. The van der Waals surface area contributed by atoms with Crippen molar-refractivity contribution in [2.45, 2.75) is 57.6 Å². The van der Waals surface area contributed by atoms with Gasteiger partial charge in [-0.15, -0.1) is 11.3 Å². The van der Waals surface area contributed by atoms with Gasteiger partial charge in [-0.2, -0.15) is 0 Å². The van der Waals surface area contributed by atoms with E-state index in [1.807, 2.05) is 36.4 Å². The van der Waals surface area contributed by atoms with Crippen LogP contribution < -0.4 is 5.32 Å². The maximum absolute atomic E-state index is 13.0. The lowest BCUT2D eigenvalue weighted by atomic mass is 9.78. The second-order valence-electron chi connectivity index (χ2n) is 8.61. The Hall–Kier alpha value is -2.18. The summed E-state index contributed by atoms with van der Waals surface area (Å²) in [4.78, 5) is 26.0. The van der Waals surface area contributed by atoms with Crippen LogP contribution in [0.5, 0.6) is 0 Å². The van der Waals surface area contributed by atoms with E-state index >= 15 is 0 Å². The van der Waals surface area contributed by atoms with Gasteiger partial charge in [0.05, 0.1) is 5.69 Å². The largest absolute Gasteiger partial charge is 0.477 e. The van der Waals surface area contributed by atoms with E-state index in [-0.39, 0.29) is 23.8 Å². The highest BCUT2D eigenvalue weighted by molar-refractivity contribution is 7.18. The predicted molar refractivity (Wildman–Crippen MR) is 119 cm³/mol. The van der Waals surface area contributed by atoms with Gasteiger partial charge in [-0.3, -0.25) is 4.79 Å². The van der Waals surface area contributed by atoms with Crippen LogP contribution in [-0.2, 0) is 9.53 Å². The Morgan fingerprint density at radius 3 is 2.53 bits per heavy atom. The maximum Gasteiger partial charge on any atom is 0.348 e. The van der Waals surface area contributed by atoms with E-state index in [0.29, 0.717) is 29.5 Å². The van der Waals surface area contributed by atoms with Crippen molar-refractivity contribution >= 4 is 28.8 Å². The second kappa shape index (κ2) is 9.31. The molecule has 2 aromatic rings. The Bertz CT molecular complexity index is 886. The lowest BCUT2D eigenvalue weighted by molar-refractivity contribution is -0.138. The summed E-state index contributed by atoms with van der Waals surface area (Å²) in [6.07, 6.45) is 5.14. The van der Waals surface area contributed by atoms with Crippen molar-refractivity contribution < 1.29 is 19.4 Å². The number of anilines is 1. The summed E-state index contributed by atoms with van der Waals surface area (Å²) >= 11 is 1.28. The second-order valence-corrected chi connectivity index (χ2v) is 9.66. The van der Waals surface area contributed by atoms with Crippen LogP contribution in [0.25, 0.3) is 10.4 Å². The zero-order valence-electron chi connectivity index (χ0n) is 17.3. The first-order chi connectivity index (χ1) is 14.5. The number of benzene rings is 1. The van der Waals surface area contributed by atoms with E-state index in [2.05, 4.69) is 12.2 Å². The molecule has 0 radical (unpaired) electrons. The average molecular weight is 428 g/mol. The van der Waals surface area contributed by atoms with Gasteiger partial charge in [0.15, 0.2) is 5.78 Å². The number of carboxylic acids is 1. The molecule has 1 saturated heterocycles. The number of ketones is 1. The van der Waals surface area contributed by atoms with Crippen LogP contribution >= 0.6 is 11.3 Å². The number of aromatic carboxylic acids is 1. The van der Waals surface area contributed by atoms with E-state index in [1.165, 1.54) is 11.3 Å². The van der Waals surface area contributed by atoms with Gasteiger partial charge in [-0.25, -0.2) is 4.79 Å². The summed E-state index contributed by atoms with van der Waals surface area (Å²) in [6.45, 7) is 2.78. The number of hydrogen-bond donors (Lipinski definition) is 2. The number of thiophene rings is 1. The summed E-state index contributed by atoms with van der Waals surface area (Å²) in [7, 11) is 0. The summed E-state index contributed by atoms with van der Waals surface area (Å²) in [6, 6.07) is 11.8. The minimum absolute atomic E-state index is 0.0338. The molecule has 2 aliphatic rings. The van der Waals surface area contributed by atoms with Gasteiger partial charge < -0.3 is 15.2 Å². The molecule has 0 spiro atoms. The van der Waals surface area contributed by atoms with Crippen molar-refractivity contribution in [1.29, 1.82) is 0 Å². The number of nitrogens with one attached hydrogen (secondary N) is 1. The van der Waals surface area contributed by atoms with Crippen LogP contribution in [0.15, 0.2) is 36.4 Å². The summed E-state index contributed by atoms with van der Waals surface area (Å²) < 4.78 is 5.84. The minimum atomic E-state index is -0.930. The topological polar surface area (TPSA) is 75.6 Å². The first kappa shape index (κ1) is 21.1. The molecule has 5 nitrogen and oxygen atoms in total. The fourth-order valence-corrected chi connectivity index (χ4v) is 5.52. The highest BCUT2D eigenvalue weighted by Crippen LogP contribution is 2.36. The molecule has 1 aromatic heterocycles. The molecule has 160 valence electrons. The summed E-state index contributed by atoms with van der Waals surface area (Å²) in [5.74, 6) is 0.135. The Morgan fingerprint density at radius 1 is 1.10 bits per heavy atom. The van der Waals surface area contributed by atoms with E-state index in [4.69, 9.17) is 4.74 Å². The Balaban J connectivity index is 1.45. The number of carboxylic acid groups (broad SMARTS) is 1. The number of ether oxygens (including phenoxy) is 1. The molecule has 2 fully saturated rings. The number of hydrogen-bond acceptors (Lipinski definition) is 5. The Labute approximate surface area is 181 Å². The fraction of sp³-hybridized carbons (Fsp3) is 0.500. The maximum atomic E-state index is 13.0. The highest BCUT2D eigenvalue weighted by atomic mass is 32.1. The first-order valence-electron chi connectivity index (χ1n) is 10.9. The molecular formula is C24H29NO4S. The standard InChI is InChI=1S/C24H29NO4S/c1-15-7-9-17(10-8-15)22(26)20-13-18(11-12-29-20)25-19-14-21(30-23(19)24(27)28)16-5-3-2-4-6-16/h2-6,14-15,17-18,20,25H,7-13H2,1H3,(H,27,28). The van der Waals surface area contributed by atoms with Crippen molar-refractivity contribution in [2.24, 2.45) is 11.8 Å². The van der Waals surface area contributed by atoms with E-state index < -0.39 is 5.97 Å². The van der Waals surface area contributed by atoms with Crippen LogP contribution in [0.1, 0.15) is 55.1 Å². The van der Waals surface area contributed by atoms with Crippen LogP contribution in [0.2, 0.25) is 0 Å². The Morgan fingerprint density at radius 2 is 1.83 bits per heavy atom. The number of rotatable bonds is 6. The smallest absolute Gasteiger partial charge is 0.348 e. The minimum Gasteiger partial charge on any atom is -0.477 e. The van der Waals surface area contributed by atoms with Crippen molar-refractivity contribution in [1.82, 2.24) is 0 Å². The number of carbonyl (C=O) groups is 2. The molecule has 30 heavy (non-hydrogen) atoms. The van der Waals surface area contributed by atoms with Crippen LogP contribution in [0, 0.1) is 11.8 Å². The van der Waals surface area contributed by atoms with Gasteiger partial charge in [-0.05, 0) is 36.8 Å². The fourth-order valence-electron chi connectivity index (χ4n) is 4.56. The molecule has 1 aliphatic carbocycles. The lowest BCUT2D eigenvalue weighted by Crippen LogP contribution is -2.41. The SMILES string of the molecule is CC1CCC(C(=O)C2CC(Nc3cc(-c4ccccc4)sc3C(=O)O)CCO2)CC1. The number of Topliss-reactive ketones (excluding diaryl/α,β-unsaturated/α-hetero) is 1. The molecule has 1 saturated carbocycles. The van der Waals surface area contributed by atoms with Crippen molar-refractivity contribution in [3.8, 4) is 10.4 Å². The van der Waals surface area contributed by atoms with Crippen LogP contribution in [0.4, 0.5) is 5.69 Å². The molecule has 2 heterocycles. The van der Waals surface area contributed by atoms with Crippen molar-refractivity contribution in [3.63, 3.8) is 0 Å². The number of carbonyl (C=O) groups excluding carboxylic acids is 1. The Kier molecular flexibility index (Phi) is 6.54. The molecule has 2 atom stereocenters. The van der Waals surface area contributed by atoms with E-state index in [1.54, 1.807) is 0 Å². The van der Waals surface area contributed by atoms with E-state index in [0.717, 1.165) is 42.5 Å². The third-order valence-electron chi connectivity index (χ3n) is 6.36. The predicted octanol–water partition coefficient (Wildman–Crippen LogP) is 5.47. The molecule has 1 aliphatic heterocycles. The molecule has 0 amide bonds. The quantitative estimate of drug-likeness (QED) is 0.639. The molecule has 6 heteroatoms. The average Bonchev–Trinajstić information content (AvgIpc) is 3.19. The van der Waals surface area contributed by atoms with Gasteiger partial charge in [0.2, 0.25) is 0 Å². The van der Waals surface area contributed by atoms with Gasteiger partial charge >= 0.3 is 5.97 Å². The van der Waals surface area contributed by atoms with E-state index in [9.17, 15) is 14.7 Å². The van der Waals surface area contributed by atoms with Crippen LogP contribution in [-0.4, -0.2) is 35.6 Å². The first-order valence-corrected chi connectivity index (χ1v) is 11.7. The molecule has 1 aromatic carbocycles. The third-order valence-corrected chi connectivity index (χ3v) is 7.54. The van der Waals surface area contributed by atoms with Crippen LogP contribution in [0.3, 0.4) is 0 Å². The lowest BCUT2D eigenvalue weighted by Gasteiger charge is -2.33. The highest BCUT2D eigenvalue weighted by Gasteiger charge is 2.34. The summed E-state index contributed by atoms with van der Waals surface area (Å²) in [5.41, 5.74) is 1.64. The van der Waals surface area contributed by atoms with Crippen molar-refractivity contribution in [2.75, 3.05) is 11.9 Å². The van der Waals surface area contributed by atoms with Crippen molar-refractivity contribution in [3.05, 3.63) is 41.3 Å². The monoisotopic (exact) mass is 427 g/mol. The molecule has 4 rings (SSSR count). The van der Waals surface area contributed by atoms with Gasteiger partial charge in [0.1, 0.15) is 11.0 Å². The third kappa shape index (κ3) is 4.76. The molecule has 0 bridgehead atoms. The normalized spacial score (nSPS) is 26.8. The zero-order chi connectivity index (χ0) is 21.1. The zero-order valence-corrected chi connectivity index (χ0v) is 18.1. The van der Waals surface area contributed by atoms with Gasteiger partial charge in [0, 0.05) is 29.9 Å².